The monoisotopic (exact) mass is 472 g/mol. The summed E-state index contributed by atoms with van der Waals surface area (Å²) in [4.78, 5) is 28.1. The van der Waals surface area contributed by atoms with Crippen LogP contribution in [0.4, 0.5) is 0 Å². The molecule has 1 aromatic heterocycles. The van der Waals surface area contributed by atoms with Gasteiger partial charge in [0.25, 0.3) is 0 Å². The first-order chi connectivity index (χ1) is 14.8. The third-order valence-electron chi connectivity index (χ3n) is 5.02. The number of allylic oxidation sites excluding steroid dienone is 1. The highest BCUT2D eigenvalue weighted by Crippen LogP contribution is 2.42. The first-order valence-corrected chi connectivity index (χ1v) is 10.7. The number of hydrogen-bond donors (Lipinski definition) is 1. The highest BCUT2D eigenvalue weighted by Gasteiger charge is 2.47. The van der Waals surface area contributed by atoms with E-state index in [1.165, 1.54) is 12.2 Å². The number of carboxylic acids is 1. The molecule has 2 unspecified atom stereocenters. The lowest BCUT2D eigenvalue weighted by Gasteiger charge is -2.25. The van der Waals surface area contributed by atoms with Crippen LogP contribution in [-0.4, -0.2) is 21.0 Å². The highest BCUT2D eigenvalue weighted by atomic mass is 35.5. The Morgan fingerprint density at radius 3 is 2.55 bits per heavy atom. The Bertz CT molecular complexity index is 1240. The summed E-state index contributed by atoms with van der Waals surface area (Å²) in [5.74, 6) is -1.81. The predicted octanol–water partition coefficient (Wildman–Crippen LogP) is 5.95. The molecular weight excluding hydrogens is 459 g/mol. The van der Waals surface area contributed by atoms with Crippen molar-refractivity contribution in [1.82, 2.24) is 4.98 Å². The van der Waals surface area contributed by atoms with Crippen LogP contribution in [-0.2, 0) is 10.3 Å². The van der Waals surface area contributed by atoms with Gasteiger partial charge >= 0.3 is 11.5 Å². The maximum Gasteiger partial charge on any atom is 0.332 e. The topological polar surface area (TPSA) is 93.3 Å². The van der Waals surface area contributed by atoms with Crippen LogP contribution in [0, 0.1) is 10.1 Å². The van der Waals surface area contributed by atoms with Crippen LogP contribution in [0.1, 0.15) is 16.5 Å². The zero-order valence-corrected chi connectivity index (χ0v) is 18.1. The van der Waals surface area contributed by atoms with Crippen molar-refractivity contribution in [2.24, 2.45) is 0 Å². The van der Waals surface area contributed by atoms with Gasteiger partial charge in [0.1, 0.15) is 0 Å². The SMILES string of the molecule is O=C(O)C1=CC(c2nc(-c3ccc(Cl)c(Cl)c3)cs2)([N+](=O)[O-])C=CC1c1ccccc1. The fourth-order valence-corrected chi connectivity index (χ4v) is 4.69. The molecule has 1 heterocycles. The average Bonchev–Trinajstić information content (AvgIpc) is 3.26. The number of carbonyl (C=O) groups is 1. The summed E-state index contributed by atoms with van der Waals surface area (Å²) in [6.07, 6.45) is 4.15. The number of carboxylic acid groups (broad SMARTS) is 1. The Hall–Kier alpha value is -3.00. The number of halogens is 2. The molecule has 2 atom stereocenters. The molecule has 0 saturated carbocycles. The number of thiazole rings is 1. The van der Waals surface area contributed by atoms with Gasteiger partial charge in [-0.2, -0.15) is 0 Å². The van der Waals surface area contributed by atoms with Crippen molar-refractivity contribution < 1.29 is 14.8 Å². The number of nitrogens with zero attached hydrogens (tertiary/aromatic N) is 2. The van der Waals surface area contributed by atoms with Gasteiger partial charge in [0.15, 0.2) is 5.01 Å². The zero-order valence-electron chi connectivity index (χ0n) is 15.7. The molecule has 1 N–H and O–H groups in total. The summed E-state index contributed by atoms with van der Waals surface area (Å²) in [6, 6.07) is 13.9. The van der Waals surface area contributed by atoms with E-state index in [-0.39, 0.29) is 10.6 Å². The molecule has 31 heavy (non-hydrogen) atoms. The van der Waals surface area contributed by atoms with E-state index >= 15 is 0 Å². The van der Waals surface area contributed by atoms with Crippen molar-refractivity contribution in [2.45, 2.75) is 11.5 Å². The predicted molar refractivity (Wildman–Crippen MR) is 120 cm³/mol. The molecule has 156 valence electrons. The number of aromatic nitrogens is 1. The quantitative estimate of drug-likeness (QED) is 0.281. The van der Waals surface area contributed by atoms with Gasteiger partial charge in [-0.15, -0.1) is 11.3 Å². The van der Waals surface area contributed by atoms with Crippen molar-refractivity contribution >= 4 is 40.5 Å². The minimum Gasteiger partial charge on any atom is -0.478 e. The van der Waals surface area contributed by atoms with Gasteiger partial charge in [0, 0.05) is 33.9 Å². The van der Waals surface area contributed by atoms with Gasteiger partial charge in [-0.3, -0.25) is 10.1 Å². The van der Waals surface area contributed by atoms with E-state index in [0.29, 0.717) is 21.3 Å². The maximum absolute atomic E-state index is 12.2. The van der Waals surface area contributed by atoms with E-state index in [9.17, 15) is 20.0 Å². The summed E-state index contributed by atoms with van der Waals surface area (Å²) in [7, 11) is 0. The Balaban J connectivity index is 1.80. The van der Waals surface area contributed by atoms with Gasteiger partial charge in [-0.1, -0.05) is 65.7 Å². The Kier molecular flexibility index (Phi) is 5.66. The minimum atomic E-state index is -1.88. The van der Waals surface area contributed by atoms with Crippen LogP contribution in [0.5, 0.6) is 0 Å². The number of benzene rings is 2. The summed E-state index contributed by atoms with van der Waals surface area (Å²) in [5.41, 5.74) is -0.0712. The lowest BCUT2D eigenvalue weighted by atomic mass is 9.81. The van der Waals surface area contributed by atoms with Gasteiger partial charge in [0.05, 0.1) is 21.3 Å². The lowest BCUT2D eigenvalue weighted by Crippen LogP contribution is -2.35. The minimum absolute atomic E-state index is 0.0725. The van der Waals surface area contributed by atoms with Crippen molar-refractivity contribution in [3.63, 3.8) is 0 Å². The molecule has 0 fully saturated rings. The van der Waals surface area contributed by atoms with Crippen molar-refractivity contribution in [1.29, 1.82) is 0 Å². The lowest BCUT2D eigenvalue weighted by molar-refractivity contribution is -0.549. The second-order valence-corrected chi connectivity index (χ2v) is 8.57. The zero-order chi connectivity index (χ0) is 22.2. The van der Waals surface area contributed by atoms with Crippen LogP contribution < -0.4 is 0 Å². The van der Waals surface area contributed by atoms with E-state index in [1.54, 1.807) is 53.9 Å². The third-order valence-corrected chi connectivity index (χ3v) is 6.74. The molecular formula is C22H14Cl2N2O4S. The Morgan fingerprint density at radius 1 is 1.16 bits per heavy atom. The molecule has 0 radical (unpaired) electrons. The largest absolute Gasteiger partial charge is 0.478 e. The standard InChI is InChI=1S/C22H14Cl2N2O4S/c23-17-7-6-14(10-18(17)24)19-12-31-21(25-19)22(26(29)30)9-8-15(16(11-22)20(27)28)13-4-2-1-3-5-13/h1-12,15H,(H,27,28). The first-order valence-electron chi connectivity index (χ1n) is 9.08. The van der Waals surface area contributed by atoms with Crippen LogP contribution in [0.2, 0.25) is 10.0 Å². The van der Waals surface area contributed by atoms with Crippen LogP contribution in [0.25, 0.3) is 11.3 Å². The number of hydrogen-bond acceptors (Lipinski definition) is 5. The second kappa shape index (κ2) is 8.26. The highest BCUT2D eigenvalue weighted by molar-refractivity contribution is 7.10. The van der Waals surface area contributed by atoms with Crippen molar-refractivity contribution in [3.8, 4) is 11.3 Å². The molecule has 0 spiro atoms. The molecule has 3 aromatic rings. The smallest absolute Gasteiger partial charge is 0.332 e. The second-order valence-electron chi connectivity index (χ2n) is 6.90. The fraction of sp³-hybridized carbons (Fsp3) is 0.0909. The molecule has 1 aliphatic carbocycles. The van der Waals surface area contributed by atoms with E-state index < -0.39 is 22.3 Å². The molecule has 9 heteroatoms. The molecule has 0 bridgehead atoms. The van der Waals surface area contributed by atoms with Crippen LogP contribution in [0.3, 0.4) is 0 Å². The molecule has 0 aliphatic heterocycles. The third kappa shape index (κ3) is 3.87. The van der Waals surface area contributed by atoms with E-state index in [2.05, 4.69) is 4.98 Å². The van der Waals surface area contributed by atoms with Crippen LogP contribution >= 0.6 is 34.5 Å². The Morgan fingerprint density at radius 2 is 1.90 bits per heavy atom. The molecule has 4 rings (SSSR count). The summed E-state index contributed by atoms with van der Waals surface area (Å²) >= 11 is 13.1. The number of aliphatic carboxylic acids is 1. The fourth-order valence-electron chi connectivity index (χ4n) is 3.44. The summed E-state index contributed by atoms with van der Waals surface area (Å²) in [5, 5.41) is 24.5. The average molecular weight is 473 g/mol. The molecule has 1 aliphatic rings. The normalized spacial score (nSPS) is 20.3. The van der Waals surface area contributed by atoms with Gasteiger partial charge in [-0.25, -0.2) is 9.78 Å². The summed E-state index contributed by atoms with van der Waals surface area (Å²) in [6.45, 7) is 0. The van der Waals surface area contributed by atoms with E-state index in [4.69, 9.17) is 23.2 Å². The van der Waals surface area contributed by atoms with E-state index in [1.807, 2.05) is 6.07 Å². The first kappa shape index (κ1) is 21.2. The van der Waals surface area contributed by atoms with Gasteiger partial charge in [-0.05, 0) is 17.7 Å². The summed E-state index contributed by atoms with van der Waals surface area (Å²) < 4.78 is 0. The van der Waals surface area contributed by atoms with Gasteiger partial charge < -0.3 is 5.11 Å². The number of rotatable bonds is 5. The van der Waals surface area contributed by atoms with Crippen molar-refractivity contribution in [3.05, 3.63) is 108 Å². The van der Waals surface area contributed by atoms with Crippen molar-refractivity contribution in [2.75, 3.05) is 0 Å². The molecule has 2 aromatic carbocycles. The molecule has 0 amide bonds. The molecule has 0 saturated heterocycles. The van der Waals surface area contributed by atoms with Gasteiger partial charge in [0.2, 0.25) is 0 Å². The van der Waals surface area contributed by atoms with Crippen LogP contribution in [0.15, 0.2) is 77.7 Å². The number of nitro groups is 1. The Labute approximate surface area is 191 Å². The maximum atomic E-state index is 12.2. The van der Waals surface area contributed by atoms with E-state index in [0.717, 1.165) is 16.9 Å². The molecule has 6 nitrogen and oxygen atoms in total.